The number of thioether (sulfide) groups is 1. The average Bonchev–Trinajstić information content (AvgIpc) is 2.50. The Morgan fingerprint density at radius 3 is 2.52 bits per heavy atom. The lowest BCUT2D eigenvalue weighted by atomic mass is 9.56. The van der Waals surface area contributed by atoms with E-state index in [9.17, 15) is 4.79 Å². The smallest absolute Gasteiger partial charge is 0.243 e. The fourth-order valence-corrected chi connectivity index (χ4v) is 2.91. The Kier molecular flexibility index (Phi) is 7.20. The van der Waals surface area contributed by atoms with Crippen LogP contribution < -0.4 is 10.6 Å². The van der Waals surface area contributed by atoms with Crippen molar-refractivity contribution in [2.45, 2.75) is 38.8 Å². The molecule has 1 fully saturated rings. The van der Waals surface area contributed by atoms with Gasteiger partial charge in [-0.25, -0.2) is 4.99 Å². The molecule has 0 aromatic heterocycles. The summed E-state index contributed by atoms with van der Waals surface area (Å²) in [5.41, 5.74) is -0.135. The van der Waals surface area contributed by atoms with Crippen molar-refractivity contribution < 1.29 is 9.53 Å². The zero-order chi connectivity index (χ0) is 17.7. The van der Waals surface area contributed by atoms with Gasteiger partial charge < -0.3 is 20.3 Å². The van der Waals surface area contributed by atoms with Crippen molar-refractivity contribution in [3.05, 3.63) is 0 Å². The SMILES string of the molecule is COC1(C)CC(NC(=NCC(=O)N(C)C)NCCSC)C1(C)C. The summed E-state index contributed by atoms with van der Waals surface area (Å²) >= 11 is 1.77. The van der Waals surface area contributed by atoms with Gasteiger partial charge >= 0.3 is 0 Å². The number of nitrogens with zero attached hydrogens (tertiary/aromatic N) is 2. The highest BCUT2D eigenvalue weighted by atomic mass is 32.2. The number of methoxy groups -OCH3 is 1. The summed E-state index contributed by atoms with van der Waals surface area (Å²) in [7, 11) is 5.25. The van der Waals surface area contributed by atoms with Gasteiger partial charge in [-0.3, -0.25) is 4.79 Å². The number of carbonyl (C=O) groups excluding carboxylic acids is 1. The van der Waals surface area contributed by atoms with Crippen molar-refractivity contribution in [3.63, 3.8) is 0 Å². The highest BCUT2D eigenvalue weighted by molar-refractivity contribution is 7.98. The molecule has 0 spiro atoms. The minimum absolute atomic E-state index is 0.00470. The van der Waals surface area contributed by atoms with Gasteiger partial charge in [0.25, 0.3) is 0 Å². The number of likely N-dealkylation sites (N-methyl/N-ethyl adjacent to an activating group) is 1. The van der Waals surface area contributed by atoms with Crippen LogP contribution in [0, 0.1) is 5.41 Å². The van der Waals surface area contributed by atoms with Crippen LogP contribution in [-0.2, 0) is 9.53 Å². The Bertz CT molecular complexity index is 440. The third kappa shape index (κ3) is 4.76. The molecular formula is C16H32N4O2S. The van der Waals surface area contributed by atoms with Crippen LogP contribution in [0.3, 0.4) is 0 Å². The van der Waals surface area contributed by atoms with Gasteiger partial charge in [0.2, 0.25) is 5.91 Å². The Labute approximate surface area is 144 Å². The number of hydrogen-bond acceptors (Lipinski definition) is 4. The first-order valence-corrected chi connectivity index (χ1v) is 9.36. The first kappa shape index (κ1) is 20.1. The number of amides is 1. The van der Waals surface area contributed by atoms with E-state index in [1.54, 1.807) is 37.9 Å². The number of hydrogen-bond donors (Lipinski definition) is 2. The molecule has 1 amide bonds. The highest BCUT2D eigenvalue weighted by Crippen LogP contribution is 2.51. The Hall–Kier alpha value is -0.950. The highest BCUT2D eigenvalue weighted by Gasteiger charge is 2.58. The first-order valence-electron chi connectivity index (χ1n) is 7.97. The van der Waals surface area contributed by atoms with E-state index in [0.29, 0.717) is 5.96 Å². The molecule has 1 aliphatic carbocycles. The topological polar surface area (TPSA) is 66.0 Å². The number of guanidine groups is 1. The molecule has 0 aliphatic heterocycles. The van der Waals surface area contributed by atoms with Crippen LogP contribution in [0.25, 0.3) is 0 Å². The largest absolute Gasteiger partial charge is 0.378 e. The predicted molar refractivity (Wildman–Crippen MR) is 98.1 cm³/mol. The van der Waals surface area contributed by atoms with Crippen LogP contribution in [0.1, 0.15) is 27.2 Å². The lowest BCUT2D eigenvalue weighted by Gasteiger charge is -2.59. The van der Waals surface area contributed by atoms with Crippen LogP contribution in [0.5, 0.6) is 0 Å². The number of aliphatic imine (C=N–C) groups is 1. The monoisotopic (exact) mass is 344 g/mol. The molecule has 7 heteroatoms. The van der Waals surface area contributed by atoms with Gasteiger partial charge in [0.15, 0.2) is 5.96 Å². The molecule has 0 aromatic rings. The Morgan fingerprint density at radius 1 is 1.39 bits per heavy atom. The Balaban J connectivity index is 2.70. The van der Waals surface area contributed by atoms with Gasteiger partial charge in [0.05, 0.1) is 5.60 Å². The minimum Gasteiger partial charge on any atom is -0.378 e. The van der Waals surface area contributed by atoms with Gasteiger partial charge in [0.1, 0.15) is 6.54 Å². The third-order valence-electron chi connectivity index (χ3n) is 5.06. The summed E-state index contributed by atoms with van der Waals surface area (Å²) in [5.74, 6) is 1.68. The molecule has 0 radical (unpaired) electrons. The first-order chi connectivity index (χ1) is 10.7. The molecule has 2 atom stereocenters. The van der Waals surface area contributed by atoms with Crippen LogP contribution in [0.4, 0.5) is 0 Å². The molecular weight excluding hydrogens is 312 g/mol. The van der Waals surface area contributed by atoms with Crippen molar-refractivity contribution in [3.8, 4) is 0 Å². The molecule has 1 saturated carbocycles. The van der Waals surface area contributed by atoms with E-state index in [0.717, 1.165) is 18.7 Å². The standard InChI is InChI=1S/C16H32N4O2S/c1-15(2)12(10-16(15,3)22-6)19-14(17-8-9-23-7)18-11-13(21)20(4)5/h12H,8-11H2,1-7H3,(H2,17,18,19). The molecule has 0 saturated heterocycles. The second-order valence-electron chi connectivity index (χ2n) is 6.93. The summed E-state index contributed by atoms with van der Waals surface area (Å²) in [4.78, 5) is 17.7. The van der Waals surface area contributed by atoms with Crippen LogP contribution in [-0.4, -0.2) is 74.7 Å². The summed E-state index contributed by atoms with van der Waals surface area (Å²) in [5, 5.41) is 6.77. The second-order valence-corrected chi connectivity index (χ2v) is 7.92. The normalized spacial score (nSPS) is 26.4. The summed E-state index contributed by atoms with van der Waals surface area (Å²) < 4.78 is 5.66. The van der Waals surface area contributed by atoms with Crippen molar-refractivity contribution in [1.29, 1.82) is 0 Å². The van der Waals surface area contributed by atoms with Crippen LogP contribution in [0.15, 0.2) is 4.99 Å². The van der Waals surface area contributed by atoms with E-state index in [2.05, 4.69) is 42.7 Å². The van der Waals surface area contributed by atoms with Crippen molar-refractivity contribution in [2.24, 2.45) is 10.4 Å². The van der Waals surface area contributed by atoms with Gasteiger partial charge in [-0.15, -0.1) is 0 Å². The molecule has 0 aromatic carbocycles. The zero-order valence-electron chi connectivity index (χ0n) is 15.5. The van der Waals surface area contributed by atoms with E-state index in [1.165, 1.54) is 0 Å². The quantitative estimate of drug-likeness (QED) is 0.412. The van der Waals surface area contributed by atoms with Gasteiger partial charge in [-0.2, -0.15) is 11.8 Å². The van der Waals surface area contributed by atoms with Gasteiger partial charge in [-0.1, -0.05) is 13.8 Å². The van der Waals surface area contributed by atoms with Crippen molar-refractivity contribution in [2.75, 3.05) is 46.3 Å². The van der Waals surface area contributed by atoms with E-state index in [1.807, 2.05) is 0 Å². The fourth-order valence-electron chi connectivity index (χ4n) is 2.60. The molecule has 1 rings (SSSR count). The van der Waals surface area contributed by atoms with Gasteiger partial charge in [-0.05, 0) is 19.6 Å². The number of rotatable bonds is 7. The van der Waals surface area contributed by atoms with Crippen molar-refractivity contribution in [1.82, 2.24) is 15.5 Å². The van der Waals surface area contributed by atoms with Crippen LogP contribution >= 0.6 is 11.8 Å². The van der Waals surface area contributed by atoms with E-state index in [-0.39, 0.29) is 29.5 Å². The summed E-state index contributed by atoms with van der Waals surface area (Å²) in [6.07, 6.45) is 2.99. The third-order valence-corrected chi connectivity index (χ3v) is 5.67. The number of nitrogens with one attached hydrogen (secondary N) is 2. The summed E-state index contributed by atoms with van der Waals surface area (Å²) in [6, 6.07) is 0.266. The lowest BCUT2D eigenvalue weighted by Crippen LogP contribution is -2.69. The number of ether oxygens (including phenoxy) is 1. The van der Waals surface area contributed by atoms with E-state index < -0.39 is 0 Å². The lowest BCUT2D eigenvalue weighted by molar-refractivity contribution is -0.176. The predicted octanol–water partition coefficient (Wildman–Crippen LogP) is 1.18. The van der Waals surface area contributed by atoms with Crippen molar-refractivity contribution >= 4 is 23.6 Å². The van der Waals surface area contributed by atoms with Crippen LogP contribution in [0.2, 0.25) is 0 Å². The molecule has 6 nitrogen and oxygen atoms in total. The Morgan fingerprint density at radius 2 is 2.04 bits per heavy atom. The zero-order valence-corrected chi connectivity index (χ0v) is 16.3. The molecule has 23 heavy (non-hydrogen) atoms. The van der Waals surface area contributed by atoms with Gasteiger partial charge in [0, 0.05) is 45.0 Å². The maximum absolute atomic E-state index is 11.8. The van der Waals surface area contributed by atoms with E-state index >= 15 is 0 Å². The van der Waals surface area contributed by atoms with E-state index in [4.69, 9.17) is 4.74 Å². The molecule has 0 bridgehead atoms. The fraction of sp³-hybridized carbons (Fsp3) is 0.875. The minimum atomic E-state index is -0.130. The molecule has 0 heterocycles. The molecule has 1 aliphatic rings. The number of carbonyl (C=O) groups is 1. The average molecular weight is 345 g/mol. The molecule has 2 N–H and O–H groups in total. The second kappa shape index (κ2) is 8.24. The maximum Gasteiger partial charge on any atom is 0.243 e. The maximum atomic E-state index is 11.8. The molecule has 134 valence electrons. The summed E-state index contributed by atoms with van der Waals surface area (Å²) in [6.45, 7) is 7.50. The molecule has 2 unspecified atom stereocenters.